The van der Waals surface area contributed by atoms with E-state index in [0.717, 1.165) is 0 Å². The summed E-state index contributed by atoms with van der Waals surface area (Å²) in [7, 11) is -3.48. The lowest BCUT2D eigenvalue weighted by atomic mass is 10.1. The zero-order valence-corrected chi connectivity index (χ0v) is 19.8. The van der Waals surface area contributed by atoms with Gasteiger partial charge < -0.3 is 9.84 Å². The summed E-state index contributed by atoms with van der Waals surface area (Å²) in [6, 6.07) is 15.6. The highest BCUT2D eigenvalue weighted by atomic mass is 35.5. The van der Waals surface area contributed by atoms with Crippen LogP contribution in [0.3, 0.4) is 0 Å². The summed E-state index contributed by atoms with van der Waals surface area (Å²) in [4.78, 5) is 15.3. The van der Waals surface area contributed by atoms with Crippen LogP contribution < -0.4 is 5.32 Å². The number of carbonyl (C=O) groups excluding carboxylic acids is 1. The molecular weight excluding hydrogens is 464 g/mol. The average Bonchev–Trinajstić information content (AvgIpc) is 3.21. The predicted octanol–water partition coefficient (Wildman–Crippen LogP) is 3.04. The van der Waals surface area contributed by atoms with Crippen LogP contribution in [0.25, 0.3) is 11.3 Å². The molecule has 1 N–H and O–H groups in total. The highest BCUT2D eigenvalue weighted by molar-refractivity contribution is 7.89. The summed E-state index contributed by atoms with van der Waals surface area (Å²) < 4.78 is 32.3. The Hall–Kier alpha value is -2.72. The minimum Gasteiger partial charge on any atom is -0.360 e. The van der Waals surface area contributed by atoms with Crippen LogP contribution in [0.1, 0.15) is 16.1 Å². The van der Waals surface area contributed by atoms with Gasteiger partial charge in [0.05, 0.1) is 9.92 Å². The third-order valence-electron chi connectivity index (χ3n) is 5.64. The lowest BCUT2D eigenvalue weighted by Crippen LogP contribution is -2.50. The number of halogens is 1. The number of amides is 1. The predicted molar refractivity (Wildman–Crippen MR) is 126 cm³/mol. The first-order valence-electron chi connectivity index (χ1n) is 10.6. The third-order valence-corrected chi connectivity index (χ3v) is 7.89. The van der Waals surface area contributed by atoms with E-state index < -0.39 is 10.0 Å². The number of nitrogens with one attached hydrogen (secondary N) is 1. The van der Waals surface area contributed by atoms with Gasteiger partial charge in [-0.05, 0) is 25.1 Å². The van der Waals surface area contributed by atoms with Crippen LogP contribution in [-0.2, 0) is 10.0 Å². The number of aryl methyl sites for hydroxylation is 1. The molecule has 1 saturated heterocycles. The summed E-state index contributed by atoms with van der Waals surface area (Å²) in [5, 5.41) is 7.43. The Bertz CT molecular complexity index is 1220. The molecule has 1 aliphatic rings. The molecule has 0 bridgehead atoms. The van der Waals surface area contributed by atoms with Crippen molar-refractivity contribution in [2.24, 2.45) is 0 Å². The molecule has 33 heavy (non-hydrogen) atoms. The molecular formula is C23H25ClN4O4S. The molecule has 0 aliphatic carbocycles. The van der Waals surface area contributed by atoms with Crippen LogP contribution in [0.15, 0.2) is 64.0 Å². The number of benzene rings is 2. The zero-order valence-electron chi connectivity index (χ0n) is 18.2. The van der Waals surface area contributed by atoms with Crippen molar-refractivity contribution in [3.63, 3.8) is 0 Å². The van der Waals surface area contributed by atoms with Gasteiger partial charge >= 0.3 is 0 Å². The van der Waals surface area contributed by atoms with Gasteiger partial charge in [0.2, 0.25) is 10.0 Å². The number of hydrogen-bond acceptors (Lipinski definition) is 6. The zero-order chi connectivity index (χ0) is 23.4. The first kappa shape index (κ1) is 23.4. The van der Waals surface area contributed by atoms with Crippen molar-refractivity contribution in [1.82, 2.24) is 19.7 Å². The lowest BCUT2D eigenvalue weighted by Gasteiger charge is -2.33. The quantitative estimate of drug-likeness (QED) is 0.549. The van der Waals surface area contributed by atoms with Crippen LogP contribution in [0, 0.1) is 6.92 Å². The number of nitrogens with zero attached hydrogens (tertiary/aromatic N) is 3. The van der Waals surface area contributed by atoms with Crippen molar-refractivity contribution in [1.29, 1.82) is 0 Å². The van der Waals surface area contributed by atoms with E-state index in [0.29, 0.717) is 71.8 Å². The number of aromatic nitrogens is 1. The number of hydrogen-bond donors (Lipinski definition) is 1. The minimum absolute atomic E-state index is 0.283. The lowest BCUT2D eigenvalue weighted by molar-refractivity contribution is 0.0944. The van der Waals surface area contributed by atoms with Gasteiger partial charge in [-0.2, -0.15) is 4.31 Å². The fourth-order valence-electron chi connectivity index (χ4n) is 3.83. The fraction of sp³-hybridized carbons (Fsp3) is 0.304. The molecule has 0 unspecified atom stereocenters. The Kier molecular flexibility index (Phi) is 7.14. The molecule has 10 heteroatoms. The van der Waals surface area contributed by atoms with E-state index in [1.165, 1.54) is 4.31 Å². The minimum atomic E-state index is -3.48. The summed E-state index contributed by atoms with van der Waals surface area (Å²) >= 11 is 6.27. The van der Waals surface area contributed by atoms with E-state index in [1.54, 1.807) is 49.4 Å². The summed E-state index contributed by atoms with van der Waals surface area (Å²) in [5.74, 6) is 0.135. The van der Waals surface area contributed by atoms with Gasteiger partial charge in [-0.25, -0.2) is 8.42 Å². The highest BCUT2D eigenvalue weighted by Crippen LogP contribution is 2.30. The fourth-order valence-corrected chi connectivity index (χ4v) is 5.50. The smallest absolute Gasteiger partial charge is 0.257 e. The van der Waals surface area contributed by atoms with E-state index >= 15 is 0 Å². The van der Waals surface area contributed by atoms with Gasteiger partial charge in [0, 0.05) is 44.8 Å². The molecule has 0 atom stereocenters. The Morgan fingerprint density at radius 3 is 2.42 bits per heavy atom. The number of rotatable bonds is 7. The molecule has 2 aromatic carbocycles. The Balaban J connectivity index is 1.31. The molecule has 0 radical (unpaired) electrons. The van der Waals surface area contributed by atoms with Crippen molar-refractivity contribution in [2.75, 3.05) is 39.3 Å². The largest absolute Gasteiger partial charge is 0.360 e. The maximum Gasteiger partial charge on any atom is 0.257 e. The summed E-state index contributed by atoms with van der Waals surface area (Å²) in [6.45, 7) is 4.72. The van der Waals surface area contributed by atoms with Crippen molar-refractivity contribution < 1.29 is 17.7 Å². The second kappa shape index (κ2) is 10.0. The standard InChI is InChI=1S/C23H25ClN4O4S/c1-17-21(22(26-32-17)19-9-5-6-10-20(19)24)23(29)25-11-12-27-13-15-28(16-14-27)33(30,31)18-7-3-2-4-8-18/h2-10H,11-16H2,1H3,(H,25,29). The Morgan fingerprint density at radius 2 is 1.73 bits per heavy atom. The SMILES string of the molecule is Cc1onc(-c2ccccc2Cl)c1C(=O)NCCN1CCN(S(=O)(=O)c2ccccc2)CC1. The Morgan fingerprint density at radius 1 is 1.06 bits per heavy atom. The molecule has 4 rings (SSSR count). The van der Waals surface area contributed by atoms with E-state index in [1.807, 2.05) is 12.1 Å². The molecule has 0 spiro atoms. The van der Waals surface area contributed by atoms with Gasteiger partial charge in [-0.3, -0.25) is 9.69 Å². The summed E-state index contributed by atoms with van der Waals surface area (Å²) in [6.07, 6.45) is 0. The van der Waals surface area contributed by atoms with E-state index in [9.17, 15) is 13.2 Å². The number of sulfonamides is 1. The second-order valence-corrected chi connectivity index (χ2v) is 10.1. The van der Waals surface area contributed by atoms with Crippen LogP contribution in [0.5, 0.6) is 0 Å². The average molecular weight is 489 g/mol. The van der Waals surface area contributed by atoms with Crippen LogP contribution in [0.2, 0.25) is 5.02 Å². The molecule has 2 heterocycles. The Labute approximate surface area is 198 Å². The summed E-state index contributed by atoms with van der Waals surface area (Å²) in [5.41, 5.74) is 1.41. The van der Waals surface area contributed by atoms with Crippen molar-refractivity contribution in [3.05, 3.63) is 70.9 Å². The van der Waals surface area contributed by atoms with Gasteiger partial charge in [-0.1, -0.05) is 53.2 Å². The molecule has 3 aromatic rings. The van der Waals surface area contributed by atoms with Crippen LogP contribution in [0.4, 0.5) is 0 Å². The van der Waals surface area contributed by atoms with Crippen LogP contribution in [-0.4, -0.2) is 68.0 Å². The first-order valence-corrected chi connectivity index (χ1v) is 12.5. The maximum atomic E-state index is 12.9. The molecule has 1 aliphatic heterocycles. The topological polar surface area (TPSA) is 95.8 Å². The molecule has 1 aromatic heterocycles. The van der Waals surface area contributed by atoms with Crippen LogP contribution >= 0.6 is 11.6 Å². The molecule has 8 nitrogen and oxygen atoms in total. The van der Waals surface area contributed by atoms with E-state index in [-0.39, 0.29) is 5.91 Å². The van der Waals surface area contributed by atoms with Gasteiger partial charge in [0.15, 0.2) is 0 Å². The molecule has 174 valence electrons. The number of piperazine rings is 1. The molecule has 1 fully saturated rings. The van der Waals surface area contributed by atoms with Gasteiger partial charge in [0.1, 0.15) is 17.0 Å². The maximum absolute atomic E-state index is 12.9. The third kappa shape index (κ3) is 5.11. The van der Waals surface area contributed by atoms with Crippen molar-refractivity contribution in [2.45, 2.75) is 11.8 Å². The van der Waals surface area contributed by atoms with Crippen molar-refractivity contribution in [3.8, 4) is 11.3 Å². The van der Waals surface area contributed by atoms with E-state index in [2.05, 4.69) is 15.4 Å². The number of carbonyl (C=O) groups is 1. The van der Waals surface area contributed by atoms with Crippen molar-refractivity contribution >= 4 is 27.5 Å². The highest BCUT2D eigenvalue weighted by Gasteiger charge is 2.28. The van der Waals surface area contributed by atoms with Gasteiger partial charge in [0.25, 0.3) is 5.91 Å². The normalized spacial score (nSPS) is 15.5. The first-order chi connectivity index (χ1) is 15.9. The molecule has 1 amide bonds. The van der Waals surface area contributed by atoms with Gasteiger partial charge in [-0.15, -0.1) is 0 Å². The van der Waals surface area contributed by atoms with E-state index in [4.69, 9.17) is 16.1 Å². The second-order valence-electron chi connectivity index (χ2n) is 7.76. The monoisotopic (exact) mass is 488 g/mol. The molecule has 0 saturated carbocycles.